The lowest BCUT2D eigenvalue weighted by atomic mass is 10.0. The second kappa shape index (κ2) is 11.4. The van der Waals surface area contributed by atoms with Crippen molar-refractivity contribution >= 4 is 52.6 Å². The van der Waals surface area contributed by atoms with Gasteiger partial charge in [-0.3, -0.25) is 19.7 Å². The van der Waals surface area contributed by atoms with Crippen LogP contribution in [0.15, 0.2) is 103 Å². The fourth-order valence-electron chi connectivity index (χ4n) is 4.24. The minimum Gasteiger partial charge on any atom is -0.449 e. The van der Waals surface area contributed by atoms with Crippen LogP contribution in [0.5, 0.6) is 11.5 Å². The smallest absolute Gasteiger partial charge is 0.416 e. The van der Waals surface area contributed by atoms with Gasteiger partial charge in [0.25, 0.3) is 11.8 Å². The maximum Gasteiger partial charge on any atom is 0.416 e. The number of carbonyl (C=O) groups is 3. The number of nitro groups is 1. The van der Waals surface area contributed by atoms with Crippen molar-refractivity contribution < 1.29 is 37.2 Å². The summed E-state index contributed by atoms with van der Waals surface area (Å²) in [7, 11) is 0. The van der Waals surface area contributed by atoms with E-state index in [0.717, 1.165) is 15.9 Å². The molecule has 0 radical (unpaired) electrons. The molecule has 4 amide bonds. The van der Waals surface area contributed by atoms with Crippen LogP contribution >= 0.6 is 11.6 Å². The first-order chi connectivity index (χ1) is 20.5. The number of hydrogen-bond acceptors (Lipinski definition) is 6. The number of imide groups is 2. The van der Waals surface area contributed by atoms with Gasteiger partial charge in [0.1, 0.15) is 11.3 Å². The van der Waals surface area contributed by atoms with E-state index in [1.165, 1.54) is 48.5 Å². The van der Waals surface area contributed by atoms with Crippen LogP contribution in [0.3, 0.4) is 0 Å². The third kappa shape index (κ3) is 5.81. The molecule has 43 heavy (non-hydrogen) atoms. The molecule has 0 atom stereocenters. The Bertz CT molecular complexity index is 1730. The van der Waals surface area contributed by atoms with E-state index in [2.05, 4.69) is 0 Å². The Kier molecular flexibility index (Phi) is 7.70. The van der Waals surface area contributed by atoms with Gasteiger partial charge in [0.05, 0.1) is 26.9 Å². The van der Waals surface area contributed by atoms with E-state index in [1.807, 2.05) is 0 Å². The van der Waals surface area contributed by atoms with Crippen LogP contribution in [0.4, 0.5) is 35.0 Å². The number of benzene rings is 4. The normalized spacial score (nSPS) is 13.8. The summed E-state index contributed by atoms with van der Waals surface area (Å²) in [5.41, 5.74) is -1.83. The second-order valence-corrected chi connectivity index (χ2v) is 9.43. The molecule has 0 saturated carbocycles. The number of para-hydroxylation sites is 2. The monoisotopic (exact) mass is 607 g/mol. The van der Waals surface area contributed by atoms with E-state index in [0.29, 0.717) is 12.1 Å². The molecule has 0 aromatic heterocycles. The van der Waals surface area contributed by atoms with E-state index in [9.17, 15) is 37.7 Å². The Morgan fingerprint density at radius 3 is 1.79 bits per heavy atom. The molecule has 13 heteroatoms. The number of hydrogen-bond donors (Lipinski definition) is 0. The van der Waals surface area contributed by atoms with E-state index in [1.54, 1.807) is 36.4 Å². The van der Waals surface area contributed by atoms with E-state index < -0.39 is 45.9 Å². The lowest BCUT2D eigenvalue weighted by Crippen LogP contribution is -2.57. The van der Waals surface area contributed by atoms with Crippen molar-refractivity contribution in [3.8, 4) is 11.5 Å². The van der Waals surface area contributed by atoms with Gasteiger partial charge in [-0.2, -0.15) is 13.2 Å². The standard InChI is InChI=1S/C30H17ClF3N3O6/c31-23-16-18(11-13-25(23)43-26-14-12-19(30(32,33)34)17-24(26)37(41)42)15-22-27(38)35(20-7-3-1-4-8-20)29(40)36(28(22)39)21-9-5-2-6-10-21/h1-17H. The molecule has 1 aliphatic rings. The van der Waals surface area contributed by atoms with Crippen LogP contribution in [0.2, 0.25) is 5.02 Å². The first-order valence-electron chi connectivity index (χ1n) is 12.3. The lowest BCUT2D eigenvalue weighted by molar-refractivity contribution is -0.385. The number of amides is 4. The number of anilines is 2. The highest BCUT2D eigenvalue weighted by Gasteiger charge is 2.43. The zero-order chi connectivity index (χ0) is 30.9. The van der Waals surface area contributed by atoms with Crippen LogP contribution in [-0.2, 0) is 15.8 Å². The lowest BCUT2D eigenvalue weighted by Gasteiger charge is -2.33. The van der Waals surface area contributed by atoms with Crippen molar-refractivity contribution in [1.29, 1.82) is 0 Å². The van der Waals surface area contributed by atoms with Gasteiger partial charge >= 0.3 is 17.9 Å². The molecule has 1 heterocycles. The zero-order valence-electron chi connectivity index (χ0n) is 21.6. The fraction of sp³-hybridized carbons (Fsp3) is 0.0333. The minimum atomic E-state index is -4.80. The Morgan fingerprint density at radius 2 is 1.30 bits per heavy atom. The maximum atomic E-state index is 13.5. The summed E-state index contributed by atoms with van der Waals surface area (Å²) >= 11 is 6.33. The molecule has 1 fully saturated rings. The van der Waals surface area contributed by atoms with Crippen LogP contribution in [0.25, 0.3) is 6.08 Å². The van der Waals surface area contributed by atoms with Crippen LogP contribution in [0.1, 0.15) is 11.1 Å². The number of halogens is 4. The number of nitrogens with zero attached hydrogens (tertiary/aromatic N) is 3. The van der Waals surface area contributed by atoms with Crippen LogP contribution < -0.4 is 14.5 Å². The number of urea groups is 1. The highest BCUT2D eigenvalue weighted by atomic mass is 35.5. The van der Waals surface area contributed by atoms with Crippen molar-refractivity contribution in [3.63, 3.8) is 0 Å². The molecule has 216 valence electrons. The molecule has 1 saturated heterocycles. The maximum absolute atomic E-state index is 13.5. The van der Waals surface area contributed by atoms with E-state index >= 15 is 0 Å². The molecule has 5 rings (SSSR count). The summed E-state index contributed by atoms with van der Waals surface area (Å²) in [6.07, 6.45) is -3.58. The molecule has 4 aromatic rings. The highest BCUT2D eigenvalue weighted by molar-refractivity contribution is 6.46. The molecule has 9 nitrogen and oxygen atoms in total. The van der Waals surface area contributed by atoms with Gasteiger partial charge < -0.3 is 4.74 Å². The van der Waals surface area contributed by atoms with Crippen molar-refractivity contribution in [2.24, 2.45) is 0 Å². The Labute approximate surface area is 246 Å². The predicted molar refractivity (Wildman–Crippen MR) is 151 cm³/mol. The van der Waals surface area contributed by atoms with Gasteiger partial charge in [-0.25, -0.2) is 14.6 Å². The van der Waals surface area contributed by atoms with Crippen LogP contribution in [0, 0.1) is 10.1 Å². The van der Waals surface area contributed by atoms with Gasteiger partial charge in [0, 0.05) is 6.07 Å². The Balaban J connectivity index is 1.51. The van der Waals surface area contributed by atoms with Crippen molar-refractivity contribution in [2.75, 3.05) is 9.80 Å². The molecule has 1 aliphatic heterocycles. The van der Waals surface area contributed by atoms with Gasteiger partial charge in [-0.15, -0.1) is 0 Å². The average molecular weight is 608 g/mol. The molecule has 0 N–H and O–H groups in total. The quantitative estimate of drug-likeness (QED) is 0.0964. The predicted octanol–water partition coefficient (Wildman–Crippen LogP) is 7.64. The second-order valence-electron chi connectivity index (χ2n) is 9.02. The molecular formula is C30H17ClF3N3O6. The highest BCUT2D eigenvalue weighted by Crippen LogP contribution is 2.40. The van der Waals surface area contributed by atoms with Crippen molar-refractivity contribution in [2.45, 2.75) is 6.18 Å². The SMILES string of the molecule is O=C1C(=Cc2ccc(Oc3ccc(C(F)(F)F)cc3[N+](=O)[O-])c(Cl)c2)C(=O)N(c2ccccc2)C(=O)N1c1ccccc1. The first kappa shape index (κ1) is 29.0. The fourth-order valence-corrected chi connectivity index (χ4v) is 4.46. The van der Waals surface area contributed by atoms with Crippen molar-refractivity contribution in [1.82, 2.24) is 0 Å². The Morgan fingerprint density at radius 1 is 0.767 bits per heavy atom. The van der Waals surface area contributed by atoms with Gasteiger partial charge in [0.2, 0.25) is 5.75 Å². The first-order valence-corrected chi connectivity index (χ1v) is 12.7. The largest absolute Gasteiger partial charge is 0.449 e. The molecule has 0 aliphatic carbocycles. The number of barbiturate groups is 1. The summed E-state index contributed by atoms with van der Waals surface area (Å²) in [5.74, 6) is -2.39. The van der Waals surface area contributed by atoms with Crippen molar-refractivity contribution in [3.05, 3.63) is 129 Å². The number of carbonyl (C=O) groups excluding carboxylic acids is 3. The molecule has 0 bridgehead atoms. The summed E-state index contributed by atoms with van der Waals surface area (Å²) in [4.78, 5) is 52.5. The molecule has 4 aromatic carbocycles. The van der Waals surface area contributed by atoms with Gasteiger partial charge in [-0.05, 0) is 60.2 Å². The summed E-state index contributed by atoms with van der Waals surface area (Å²) in [6.45, 7) is 0. The third-order valence-electron chi connectivity index (χ3n) is 6.25. The molecule has 0 unspecified atom stereocenters. The number of nitro benzene ring substituents is 1. The van der Waals surface area contributed by atoms with Gasteiger partial charge in [-0.1, -0.05) is 54.1 Å². The zero-order valence-corrected chi connectivity index (χ0v) is 22.4. The summed E-state index contributed by atoms with van der Waals surface area (Å²) in [6, 6.07) is 20.9. The number of ether oxygens (including phenoxy) is 1. The molecular weight excluding hydrogens is 591 g/mol. The minimum absolute atomic E-state index is 0.129. The summed E-state index contributed by atoms with van der Waals surface area (Å²) < 4.78 is 44.6. The average Bonchev–Trinajstić information content (AvgIpc) is 2.97. The Hall–Kier alpha value is -5.49. The number of alkyl halides is 3. The number of rotatable bonds is 6. The topological polar surface area (TPSA) is 110 Å². The van der Waals surface area contributed by atoms with E-state index in [-0.39, 0.29) is 33.3 Å². The van der Waals surface area contributed by atoms with Gasteiger partial charge in [0.15, 0.2) is 0 Å². The molecule has 0 spiro atoms. The van der Waals surface area contributed by atoms with Crippen LogP contribution in [-0.4, -0.2) is 22.8 Å². The van der Waals surface area contributed by atoms with E-state index in [4.69, 9.17) is 16.3 Å². The summed E-state index contributed by atoms with van der Waals surface area (Å²) in [5, 5.41) is 11.3. The third-order valence-corrected chi connectivity index (χ3v) is 6.54.